The third kappa shape index (κ3) is 3.04. The number of nitrogens with zero attached hydrogens (tertiary/aromatic N) is 2. The molecule has 1 heterocycles. The maximum Gasteiger partial charge on any atom is 0.340 e. The molecule has 1 fully saturated rings. The predicted octanol–water partition coefficient (Wildman–Crippen LogP) is 4.27. The van der Waals surface area contributed by atoms with Crippen LogP contribution in [-0.2, 0) is 4.74 Å². The van der Waals surface area contributed by atoms with Crippen LogP contribution < -0.4 is 0 Å². The van der Waals surface area contributed by atoms with Crippen molar-refractivity contribution in [2.24, 2.45) is 0 Å². The highest BCUT2D eigenvalue weighted by atomic mass is 16.6. The summed E-state index contributed by atoms with van der Waals surface area (Å²) in [4.78, 5) is 22.9. The third-order valence-corrected chi connectivity index (χ3v) is 4.45. The Morgan fingerprint density at radius 2 is 2.04 bits per heavy atom. The van der Waals surface area contributed by atoms with Crippen molar-refractivity contribution in [3.8, 4) is 0 Å². The van der Waals surface area contributed by atoms with Crippen LogP contribution in [0.1, 0.15) is 59.2 Å². The summed E-state index contributed by atoms with van der Waals surface area (Å²) in [6.07, 6.45) is 1.74. The average Bonchev–Trinajstić information content (AvgIpc) is 3.32. The van der Waals surface area contributed by atoms with E-state index in [9.17, 15) is 14.9 Å². The standard InChI is InChI=1S/C18H20N2O4/c1-11-9-17(12(2)19(11)15-7-8-15)18(21)24-13(3)14-5-4-6-16(10-14)20(22)23/h4-6,9-10,13,15H,7-8H2,1-3H3/t13-/m1/s1. The van der Waals surface area contributed by atoms with Gasteiger partial charge in [0.15, 0.2) is 0 Å². The fourth-order valence-electron chi connectivity index (χ4n) is 3.06. The van der Waals surface area contributed by atoms with Crippen molar-refractivity contribution in [2.75, 3.05) is 0 Å². The van der Waals surface area contributed by atoms with Gasteiger partial charge >= 0.3 is 5.97 Å². The van der Waals surface area contributed by atoms with Gasteiger partial charge in [-0.3, -0.25) is 10.1 Å². The van der Waals surface area contributed by atoms with Crippen molar-refractivity contribution in [1.29, 1.82) is 0 Å². The molecule has 0 saturated heterocycles. The van der Waals surface area contributed by atoms with Crippen molar-refractivity contribution in [2.45, 2.75) is 45.8 Å². The Balaban J connectivity index is 1.78. The molecule has 1 atom stereocenters. The summed E-state index contributed by atoms with van der Waals surface area (Å²) >= 11 is 0. The molecular formula is C18H20N2O4. The van der Waals surface area contributed by atoms with Gasteiger partial charge in [0, 0.05) is 29.6 Å². The van der Waals surface area contributed by atoms with Crippen molar-refractivity contribution in [3.05, 3.63) is 63.0 Å². The Bertz CT molecular complexity index is 805. The highest BCUT2D eigenvalue weighted by Gasteiger charge is 2.29. The monoisotopic (exact) mass is 328 g/mol. The molecule has 0 N–H and O–H groups in total. The zero-order valence-corrected chi connectivity index (χ0v) is 14.0. The summed E-state index contributed by atoms with van der Waals surface area (Å²) in [5, 5.41) is 10.9. The molecule has 24 heavy (non-hydrogen) atoms. The molecule has 0 radical (unpaired) electrons. The second-order valence-electron chi connectivity index (χ2n) is 6.29. The average molecular weight is 328 g/mol. The molecular weight excluding hydrogens is 308 g/mol. The highest BCUT2D eigenvalue weighted by Crippen LogP contribution is 2.38. The molecule has 6 heteroatoms. The first-order chi connectivity index (χ1) is 11.4. The van der Waals surface area contributed by atoms with Crippen LogP contribution in [0.4, 0.5) is 5.69 Å². The fraction of sp³-hybridized carbons (Fsp3) is 0.389. The van der Waals surface area contributed by atoms with Gasteiger partial charge in [-0.25, -0.2) is 4.79 Å². The van der Waals surface area contributed by atoms with Gasteiger partial charge < -0.3 is 9.30 Å². The van der Waals surface area contributed by atoms with Crippen molar-refractivity contribution in [3.63, 3.8) is 0 Å². The Hall–Kier alpha value is -2.63. The van der Waals surface area contributed by atoms with E-state index in [4.69, 9.17) is 4.74 Å². The number of hydrogen-bond donors (Lipinski definition) is 0. The van der Waals surface area contributed by atoms with Crippen LogP contribution in [0.25, 0.3) is 0 Å². The van der Waals surface area contributed by atoms with Gasteiger partial charge in [0.1, 0.15) is 6.10 Å². The Morgan fingerprint density at radius 3 is 2.67 bits per heavy atom. The lowest BCUT2D eigenvalue weighted by atomic mass is 10.1. The smallest absolute Gasteiger partial charge is 0.340 e. The molecule has 6 nitrogen and oxygen atoms in total. The van der Waals surface area contributed by atoms with E-state index in [1.807, 2.05) is 19.9 Å². The van der Waals surface area contributed by atoms with Gasteiger partial charge in [-0.15, -0.1) is 0 Å². The Morgan fingerprint density at radius 1 is 1.33 bits per heavy atom. The summed E-state index contributed by atoms with van der Waals surface area (Å²) in [6, 6.07) is 8.53. The number of aromatic nitrogens is 1. The normalized spacial score (nSPS) is 15.1. The van der Waals surface area contributed by atoms with E-state index in [1.165, 1.54) is 12.1 Å². The van der Waals surface area contributed by atoms with Crippen LogP contribution in [-0.4, -0.2) is 15.5 Å². The summed E-state index contributed by atoms with van der Waals surface area (Å²) in [7, 11) is 0. The molecule has 0 aliphatic heterocycles. The quantitative estimate of drug-likeness (QED) is 0.467. The molecule has 0 bridgehead atoms. The number of carbonyl (C=O) groups excluding carboxylic acids is 1. The summed E-state index contributed by atoms with van der Waals surface area (Å²) in [5.74, 6) is -0.394. The van der Waals surface area contributed by atoms with E-state index in [1.54, 1.807) is 19.1 Å². The number of non-ortho nitro benzene ring substituents is 1. The maximum absolute atomic E-state index is 12.5. The molecule has 1 aromatic carbocycles. The minimum atomic E-state index is -0.554. The number of aryl methyl sites for hydroxylation is 1. The fourth-order valence-corrected chi connectivity index (χ4v) is 3.06. The van der Waals surface area contributed by atoms with Crippen molar-refractivity contribution >= 4 is 11.7 Å². The molecule has 1 aliphatic rings. The number of nitro groups is 1. The molecule has 2 aromatic rings. The number of rotatable bonds is 5. The first-order valence-corrected chi connectivity index (χ1v) is 8.02. The number of esters is 1. The molecule has 0 amide bonds. The molecule has 126 valence electrons. The zero-order valence-electron chi connectivity index (χ0n) is 14.0. The number of benzene rings is 1. The lowest BCUT2D eigenvalue weighted by Gasteiger charge is -2.14. The SMILES string of the molecule is Cc1cc(C(=O)O[C@H](C)c2cccc([N+](=O)[O-])c2)c(C)n1C1CC1. The first-order valence-electron chi connectivity index (χ1n) is 8.02. The van der Waals surface area contributed by atoms with Gasteiger partial charge in [0.2, 0.25) is 0 Å². The summed E-state index contributed by atoms with van der Waals surface area (Å²) < 4.78 is 7.72. The predicted molar refractivity (Wildman–Crippen MR) is 89.1 cm³/mol. The van der Waals surface area contributed by atoms with Crippen molar-refractivity contribution in [1.82, 2.24) is 4.57 Å². The van der Waals surface area contributed by atoms with Gasteiger partial charge in [-0.05, 0) is 45.2 Å². The topological polar surface area (TPSA) is 74.4 Å². The third-order valence-electron chi connectivity index (χ3n) is 4.45. The number of hydrogen-bond acceptors (Lipinski definition) is 4. The van der Waals surface area contributed by atoms with Gasteiger partial charge in [0.05, 0.1) is 10.5 Å². The van der Waals surface area contributed by atoms with Gasteiger partial charge in [-0.2, -0.15) is 0 Å². The molecule has 1 saturated carbocycles. The maximum atomic E-state index is 12.5. The van der Waals surface area contributed by atoms with E-state index in [-0.39, 0.29) is 5.69 Å². The highest BCUT2D eigenvalue weighted by molar-refractivity contribution is 5.91. The van der Waals surface area contributed by atoms with Crippen LogP contribution >= 0.6 is 0 Å². The van der Waals surface area contributed by atoms with Crippen LogP contribution in [0.3, 0.4) is 0 Å². The van der Waals surface area contributed by atoms with Gasteiger partial charge in [0.25, 0.3) is 5.69 Å². The van der Waals surface area contributed by atoms with Crippen molar-refractivity contribution < 1.29 is 14.5 Å². The molecule has 1 aromatic heterocycles. The van der Waals surface area contributed by atoms with Gasteiger partial charge in [-0.1, -0.05) is 12.1 Å². The van der Waals surface area contributed by atoms with Crippen LogP contribution in [0, 0.1) is 24.0 Å². The van der Waals surface area contributed by atoms with E-state index < -0.39 is 17.0 Å². The first kappa shape index (κ1) is 16.2. The number of nitro benzene ring substituents is 1. The van der Waals surface area contributed by atoms with E-state index in [0.29, 0.717) is 17.2 Å². The molecule has 0 unspecified atom stereocenters. The van der Waals surface area contributed by atoms with E-state index in [2.05, 4.69) is 4.57 Å². The van der Waals surface area contributed by atoms with E-state index >= 15 is 0 Å². The van der Waals surface area contributed by atoms with Crippen LogP contribution in [0.5, 0.6) is 0 Å². The second-order valence-corrected chi connectivity index (χ2v) is 6.29. The number of ether oxygens (including phenoxy) is 1. The number of carbonyl (C=O) groups is 1. The lowest BCUT2D eigenvalue weighted by Crippen LogP contribution is -2.11. The molecule has 1 aliphatic carbocycles. The molecule has 0 spiro atoms. The summed E-state index contributed by atoms with van der Waals surface area (Å²) in [6.45, 7) is 5.64. The lowest BCUT2D eigenvalue weighted by molar-refractivity contribution is -0.385. The van der Waals surface area contributed by atoms with Crippen LogP contribution in [0.15, 0.2) is 30.3 Å². The van der Waals surface area contributed by atoms with E-state index in [0.717, 1.165) is 24.2 Å². The summed E-state index contributed by atoms with van der Waals surface area (Å²) in [5.41, 5.74) is 3.14. The van der Waals surface area contributed by atoms with Crippen LogP contribution in [0.2, 0.25) is 0 Å². The minimum Gasteiger partial charge on any atom is -0.454 e. The minimum absolute atomic E-state index is 0.0117. The Kier molecular flexibility index (Phi) is 4.13. The largest absolute Gasteiger partial charge is 0.454 e. The Labute approximate surface area is 140 Å². The zero-order chi connectivity index (χ0) is 17.4. The molecule has 3 rings (SSSR count). The second kappa shape index (κ2) is 6.11.